The smallest absolute Gasteiger partial charge is 0.410 e. The highest BCUT2D eigenvalue weighted by Crippen LogP contribution is 2.41. The summed E-state index contributed by atoms with van der Waals surface area (Å²) in [5.41, 5.74) is 0.157. The largest absolute Gasteiger partial charge is 0.444 e. The fraction of sp³-hybridized carbons (Fsp3) is 0.652. The van der Waals surface area contributed by atoms with E-state index in [0.717, 1.165) is 57.2 Å². The van der Waals surface area contributed by atoms with Crippen LogP contribution in [0.1, 0.15) is 64.9 Å². The Morgan fingerprint density at radius 1 is 1.11 bits per heavy atom. The number of benzene rings is 1. The first-order valence-electron chi connectivity index (χ1n) is 10.5. The molecule has 1 amide bonds. The third kappa shape index (κ3) is 4.67. The van der Waals surface area contributed by atoms with Crippen molar-refractivity contribution in [2.24, 2.45) is 0 Å². The molecule has 1 heterocycles. The van der Waals surface area contributed by atoms with Crippen LogP contribution in [0, 0.1) is 11.3 Å². The maximum Gasteiger partial charge on any atom is 0.410 e. The molecule has 0 spiro atoms. The van der Waals surface area contributed by atoms with Gasteiger partial charge in [0.2, 0.25) is 0 Å². The molecule has 0 bridgehead atoms. The zero-order valence-corrected chi connectivity index (χ0v) is 17.4. The third-order valence-corrected chi connectivity index (χ3v) is 6.05. The van der Waals surface area contributed by atoms with Crippen LogP contribution in [0.15, 0.2) is 30.3 Å². The Bertz CT molecular complexity index is 691. The average Bonchev–Trinajstić information content (AvgIpc) is 2.69. The van der Waals surface area contributed by atoms with E-state index in [0.29, 0.717) is 0 Å². The summed E-state index contributed by atoms with van der Waals surface area (Å²) in [6.07, 6.45) is 4.95. The summed E-state index contributed by atoms with van der Waals surface area (Å²) in [6, 6.07) is 13.1. The van der Waals surface area contributed by atoms with Crippen LogP contribution in [0.5, 0.6) is 0 Å². The van der Waals surface area contributed by atoms with E-state index < -0.39 is 11.0 Å². The molecule has 2 aliphatic rings. The molecule has 1 aromatic rings. The molecule has 5 nitrogen and oxygen atoms in total. The van der Waals surface area contributed by atoms with Crippen LogP contribution in [-0.2, 0) is 10.2 Å². The van der Waals surface area contributed by atoms with E-state index in [-0.39, 0.29) is 18.2 Å². The lowest BCUT2D eigenvalue weighted by atomic mass is 9.69. The number of piperidine rings is 1. The van der Waals surface area contributed by atoms with Gasteiger partial charge in [0.25, 0.3) is 0 Å². The number of rotatable bonds is 3. The van der Waals surface area contributed by atoms with Crippen LogP contribution in [0.2, 0.25) is 0 Å². The molecule has 1 N–H and O–H groups in total. The van der Waals surface area contributed by atoms with E-state index in [9.17, 15) is 10.1 Å². The molecule has 1 aromatic carbocycles. The summed E-state index contributed by atoms with van der Waals surface area (Å²) in [6.45, 7) is 7.62. The summed E-state index contributed by atoms with van der Waals surface area (Å²) in [5, 5.41) is 13.3. The van der Waals surface area contributed by atoms with Crippen molar-refractivity contribution in [3.05, 3.63) is 35.9 Å². The first-order chi connectivity index (χ1) is 13.3. The lowest BCUT2D eigenvalue weighted by molar-refractivity contribution is -0.00600. The predicted octanol–water partition coefficient (Wildman–Crippen LogP) is 4.38. The number of amides is 1. The average molecular weight is 384 g/mol. The van der Waals surface area contributed by atoms with Crippen molar-refractivity contribution in [3.8, 4) is 6.07 Å². The van der Waals surface area contributed by atoms with E-state index in [1.807, 2.05) is 43.9 Å². The number of nitrogens with zero attached hydrogens (tertiary/aromatic N) is 2. The first kappa shape index (κ1) is 20.7. The highest BCUT2D eigenvalue weighted by atomic mass is 16.6. The van der Waals surface area contributed by atoms with E-state index in [4.69, 9.17) is 4.74 Å². The topological polar surface area (TPSA) is 65.4 Å². The van der Waals surface area contributed by atoms with Crippen LogP contribution in [0.4, 0.5) is 4.79 Å². The minimum atomic E-state index is -0.503. The molecule has 0 aromatic heterocycles. The SMILES string of the molecule is CC(C)(C)OC(=O)N(C1CCNCC1)C1CCC(C#N)(c2ccccc2)CC1. The van der Waals surface area contributed by atoms with E-state index in [1.165, 1.54) is 0 Å². The Morgan fingerprint density at radius 2 is 1.68 bits per heavy atom. The van der Waals surface area contributed by atoms with Gasteiger partial charge in [-0.2, -0.15) is 5.26 Å². The number of hydrogen-bond donors (Lipinski definition) is 1. The zero-order valence-electron chi connectivity index (χ0n) is 17.4. The molecular weight excluding hydrogens is 350 g/mol. The second-order valence-electron chi connectivity index (χ2n) is 9.16. The molecule has 0 unspecified atom stereocenters. The molecular formula is C23H33N3O2. The second kappa shape index (κ2) is 8.53. The van der Waals surface area contributed by atoms with Gasteiger partial charge in [0.05, 0.1) is 11.5 Å². The van der Waals surface area contributed by atoms with Crippen LogP contribution in [0.3, 0.4) is 0 Å². The number of carbonyl (C=O) groups is 1. The zero-order chi connectivity index (χ0) is 20.2. The van der Waals surface area contributed by atoms with Gasteiger partial charge in [0.15, 0.2) is 0 Å². The molecule has 0 atom stereocenters. The number of nitriles is 1. The minimum Gasteiger partial charge on any atom is -0.444 e. The fourth-order valence-electron chi connectivity index (χ4n) is 4.59. The lowest BCUT2D eigenvalue weighted by Crippen LogP contribution is -2.54. The van der Waals surface area contributed by atoms with Gasteiger partial charge in [-0.15, -0.1) is 0 Å². The quantitative estimate of drug-likeness (QED) is 0.841. The molecule has 1 aliphatic carbocycles. The van der Waals surface area contributed by atoms with Crippen LogP contribution >= 0.6 is 0 Å². The van der Waals surface area contributed by atoms with Crippen LogP contribution in [0.25, 0.3) is 0 Å². The number of nitrogens with one attached hydrogen (secondary N) is 1. The molecule has 28 heavy (non-hydrogen) atoms. The number of carbonyl (C=O) groups excluding carboxylic acids is 1. The summed E-state index contributed by atoms with van der Waals surface area (Å²) in [7, 11) is 0. The van der Waals surface area contributed by atoms with Crippen LogP contribution in [-0.4, -0.2) is 41.8 Å². The normalized spacial score (nSPS) is 26.3. The van der Waals surface area contributed by atoms with Gasteiger partial charge in [0.1, 0.15) is 5.60 Å². The second-order valence-corrected chi connectivity index (χ2v) is 9.16. The Hall–Kier alpha value is -2.06. The maximum absolute atomic E-state index is 13.1. The highest BCUT2D eigenvalue weighted by Gasteiger charge is 2.42. The molecule has 0 radical (unpaired) electrons. The Labute approximate surface area is 169 Å². The van der Waals surface area contributed by atoms with Gasteiger partial charge >= 0.3 is 6.09 Å². The molecule has 1 saturated heterocycles. The van der Waals surface area contributed by atoms with Crippen molar-refractivity contribution in [1.82, 2.24) is 10.2 Å². The standard InChI is InChI=1S/C23H33N3O2/c1-22(2,3)28-21(27)26(20-11-15-25-16-12-20)19-9-13-23(17-24,14-10-19)18-7-5-4-6-8-18/h4-8,19-20,25H,9-16H2,1-3H3. The molecule has 1 saturated carbocycles. The van der Waals surface area contributed by atoms with Gasteiger partial charge in [-0.05, 0) is 77.9 Å². The highest BCUT2D eigenvalue weighted by molar-refractivity contribution is 5.69. The summed E-state index contributed by atoms with van der Waals surface area (Å²) in [5.74, 6) is 0. The van der Waals surface area contributed by atoms with Gasteiger partial charge in [-0.3, -0.25) is 0 Å². The van der Waals surface area contributed by atoms with Crippen molar-refractivity contribution in [2.75, 3.05) is 13.1 Å². The van der Waals surface area contributed by atoms with E-state index in [2.05, 4.69) is 23.5 Å². The van der Waals surface area contributed by atoms with Gasteiger partial charge in [0, 0.05) is 12.1 Å². The van der Waals surface area contributed by atoms with Crippen molar-refractivity contribution in [1.29, 1.82) is 5.26 Å². The summed E-state index contributed by atoms with van der Waals surface area (Å²) in [4.78, 5) is 15.1. The number of hydrogen-bond acceptors (Lipinski definition) is 4. The summed E-state index contributed by atoms with van der Waals surface area (Å²) >= 11 is 0. The van der Waals surface area contributed by atoms with Gasteiger partial charge in [-0.1, -0.05) is 30.3 Å². The maximum atomic E-state index is 13.1. The molecule has 152 valence electrons. The number of ether oxygens (including phenoxy) is 1. The molecule has 3 rings (SSSR count). The lowest BCUT2D eigenvalue weighted by Gasteiger charge is -2.45. The Balaban J connectivity index is 1.77. The van der Waals surface area contributed by atoms with E-state index >= 15 is 0 Å². The van der Waals surface area contributed by atoms with Crippen molar-refractivity contribution in [3.63, 3.8) is 0 Å². The fourth-order valence-corrected chi connectivity index (χ4v) is 4.59. The van der Waals surface area contributed by atoms with Crippen molar-refractivity contribution < 1.29 is 9.53 Å². The summed E-state index contributed by atoms with van der Waals surface area (Å²) < 4.78 is 5.77. The first-order valence-corrected chi connectivity index (χ1v) is 10.5. The molecule has 1 aliphatic heterocycles. The minimum absolute atomic E-state index is 0.142. The molecule has 2 fully saturated rings. The van der Waals surface area contributed by atoms with Gasteiger partial charge < -0.3 is 15.0 Å². The van der Waals surface area contributed by atoms with Crippen molar-refractivity contribution >= 4 is 6.09 Å². The third-order valence-electron chi connectivity index (χ3n) is 6.05. The Kier molecular flexibility index (Phi) is 6.30. The van der Waals surface area contributed by atoms with Crippen LogP contribution < -0.4 is 5.32 Å². The van der Waals surface area contributed by atoms with Gasteiger partial charge in [-0.25, -0.2) is 4.79 Å². The monoisotopic (exact) mass is 383 g/mol. The predicted molar refractivity (Wildman–Crippen MR) is 110 cm³/mol. The molecule has 5 heteroatoms. The Morgan fingerprint density at radius 3 is 2.21 bits per heavy atom. The van der Waals surface area contributed by atoms with Crippen molar-refractivity contribution in [2.45, 2.75) is 82.4 Å². The van der Waals surface area contributed by atoms with E-state index in [1.54, 1.807) is 0 Å².